The Hall–Kier alpha value is -1.23. The minimum absolute atomic E-state index is 0.00467. The Kier molecular flexibility index (Phi) is 36.5. The average molecular weight is 790 g/mol. The topological polar surface area (TPSA) is 119 Å². The number of ether oxygens (including phenoxy) is 2. The molecule has 54 heavy (non-hydrogen) atoms. The quantitative estimate of drug-likeness (QED) is 0.0197. The van der Waals surface area contributed by atoms with Gasteiger partial charge in [0, 0.05) is 19.3 Å². The fraction of sp³-hybridized carbons (Fsp3) is 0.955. The maximum Gasteiger partial charge on any atom is 0.306 e. The summed E-state index contributed by atoms with van der Waals surface area (Å²) in [6.45, 7) is 5.20. The van der Waals surface area contributed by atoms with Gasteiger partial charge in [0.15, 0.2) is 6.10 Å². The van der Waals surface area contributed by atoms with Gasteiger partial charge in [-0.1, -0.05) is 194 Å². The van der Waals surface area contributed by atoms with Gasteiger partial charge in [0.05, 0.1) is 27.2 Å². The van der Waals surface area contributed by atoms with E-state index in [1.807, 2.05) is 14.1 Å². The number of nitrogens with zero attached hydrogens (tertiary/aromatic N) is 1. The number of carbonyl (C=O) groups excluding carboxylic acids is 2. The van der Waals surface area contributed by atoms with Crippen molar-refractivity contribution in [1.82, 2.24) is 0 Å². The first-order chi connectivity index (χ1) is 26.0. The number of likely N-dealkylation sites (N-methyl/N-ethyl adjacent to an activating group) is 1. The van der Waals surface area contributed by atoms with Crippen LogP contribution < -0.4 is 0 Å². The average Bonchev–Trinajstić information content (AvgIpc) is 3.12. The van der Waals surface area contributed by atoms with Gasteiger partial charge < -0.3 is 18.5 Å². The number of quaternary nitrogens is 1. The third kappa shape index (κ3) is 40.4. The van der Waals surface area contributed by atoms with Crippen molar-refractivity contribution in [1.29, 1.82) is 0 Å². The van der Waals surface area contributed by atoms with Gasteiger partial charge in [-0.05, 0) is 12.8 Å². The van der Waals surface area contributed by atoms with Gasteiger partial charge in [0.2, 0.25) is 10.4 Å². The number of unbranched alkanes of at least 4 members (excludes halogenated alkanes) is 28. The molecule has 10 heteroatoms. The zero-order valence-electron chi connectivity index (χ0n) is 35.9. The molecule has 0 rings (SSSR count). The summed E-state index contributed by atoms with van der Waals surface area (Å²) in [6, 6.07) is 0. The van der Waals surface area contributed by atoms with Gasteiger partial charge >= 0.3 is 11.9 Å². The molecule has 0 amide bonds. The maximum atomic E-state index is 12.8. The van der Waals surface area contributed by atoms with Crippen molar-refractivity contribution in [2.75, 3.05) is 40.4 Å². The molecule has 0 saturated carbocycles. The van der Waals surface area contributed by atoms with E-state index in [-0.39, 0.29) is 25.2 Å². The van der Waals surface area contributed by atoms with E-state index in [0.717, 1.165) is 38.5 Å². The molecule has 0 aromatic rings. The molecule has 0 aliphatic rings. The molecule has 0 fully saturated rings. The SMILES string of the molecule is CCCCCCCCCCCCCCCCCC(=O)OCC(C[N+](C)(C)CCCOS(=O)(=O)[O-])OC(=O)CCCCCCCCCCCCCCCCC. The van der Waals surface area contributed by atoms with Crippen LogP contribution >= 0.6 is 0 Å². The smallest absolute Gasteiger partial charge is 0.306 e. The van der Waals surface area contributed by atoms with Crippen LogP contribution in [-0.4, -0.2) is 75.9 Å². The fourth-order valence-electron chi connectivity index (χ4n) is 7.20. The van der Waals surface area contributed by atoms with E-state index in [1.165, 1.54) is 154 Å². The first kappa shape index (κ1) is 52.8. The van der Waals surface area contributed by atoms with E-state index < -0.39 is 16.5 Å². The molecular formula is C44H87NO8S. The normalized spacial score (nSPS) is 12.6. The molecule has 1 atom stereocenters. The number of hydrogen-bond acceptors (Lipinski definition) is 8. The highest BCUT2D eigenvalue weighted by Crippen LogP contribution is 2.16. The van der Waals surface area contributed by atoms with Gasteiger partial charge in [0.1, 0.15) is 13.2 Å². The first-order valence-electron chi connectivity index (χ1n) is 22.8. The molecular weight excluding hydrogens is 703 g/mol. The molecule has 0 saturated heterocycles. The predicted octanol–water partition coefficient (Wildman–Crippen LogP) is 11.9. The zero-order valence-corrected chi connectivity index (χ0v) is 36.7. The second-order valence-electron chi connectivity index (χ2n) is 16.6. The van der Waals surface area contributed by atoms with Crippen molar-refractivity contribution >= 4 is 22.3 Å². The molecule has 0 heterocycles. The zero-order chi connectivity index (χ0) is 40.0. The molecule has 0 bridgehead atoms. The lowest BCUT2D eigenvalue weighted by Gasteiger charge is -2.33. The highest BCUT2D eigenvalue weighted by atomic mass is 32.3. The largest absolute Gasteiger partial charge is 0.726 e. The van der Waals surface area contributed by atoms with E-state index in [4.69, 9.17) is 9.47 Å². The molecule has 0 radical (unpaired) electrons. The monoisotopic (exact) mass is 790 g/mol. The Bertz CT molecular complexity index is 958. The highest BCUT2D eigenvalue weighted by Gasteiger charge is 2.26. The van der Waals surface area contributed by atoms with Crippen LogP contribution in [0, 0.1) is 0 Å². The summed E-state index contributed by atoms with van der Waals surface area (Å²) >= 11 is 0. The number of esters is 2. The Morgan fingerprint density at radius 1 is 0.519 bits per heavy atom. The third-order valence-corrected chi connectivity index (χ3v) is 11.0. The van der Waals surface area contributed by atoms with E-state index in [2.05, 4.69) is 18.0 Å². The lowest BCUT2D eigenvalue weighted by Crippen LogP contribution is -2.49. The number of rotatable bonds is 42. The van der Waals surface area contributed by atoms with Crippen molar-refractivity contribution in [2.24, 2.45) is 0 Å². The van der Waals surface area contributed by atoms with Crippen molar-refractivity contribution in [3.63, 3.8) is 0 Å². The summed E-state index contributed by atoms with van der Waals surface area (Å²) in [4.78, 5) is 25.4. The van der Waals surface area contributed by atoms with E-state index in [9.17, 15) is 22.6 Å². The van der Waals surface area contributed by atoms with Crippen LogP contribution in [0.2, 0.25) is 0 Å². The first-order valence-corrected chi connectivity index (χ1v) is 24.1. The Morgan fingerprint density at radius 3 is 1.20 bits per heavy atom. The summed E-state index contributed by atoms with van der Waals surface area (Å²) in [6.07, 6.45) is 38.4. The Balaban J connectivity index is 4.32. The molecule has 0 aromatic heterocycles. The van der Waals surface area contributed by atoms with E-state index in [1.54, 1.807) is 0 Å². The third-order valence-electron chi connectivity index (χ3n) is 10.5. The van der Waals surface area contributed by atoms with Gasteiger partial charge in [-0.25, -0.2) is 8.42 Å². The second kappa shape index (κ2) is 37.4. The molecule has 322 valence electrons. The van der Waals surface area contributed by atoms with Gasteiger partial charge in [-0.15, -0.1) is 0 Å². The van der Waals surface area contributed by atoms with Crippen LogP contribution in [0.15, 0.2) is 0 Å². The summed E-state index contributed by atoms with van der Waals surface area (Å²) in [5.41, 5.74) is 0. The molecule has 0 aliphatic carbocycles. The fourth-order valence-corrected chi connectivity index (χ4v) is 7.53. The lowest BCUT2D eigenvalue weighted by molar-refractivity contribution is -0.893. The second-order valence-corrected chi connectivity index (χ2v) is 17.7. The Morgan fingerprint density at radius 2 is 0.852 bits per heavy atom. The van der Waals surface area contributed by atoms with Gasteiger partial charge in [-0.3, -0.25) is 13.8 Å². The number of carbonyl (C=O) groups is 2. The molecule has 0 aromatic carbocycles. The summed E-state index contributed by atoms with van der Waals surface area (Å²) in [5.74, 6) is -0.554. The van der Waals surface area contributed by atoms with Crippen LogP contribution in [-0.2, 0) is 33.6 Å². The summed E-state index contributed by atoms with van der Waals surface area (Å²) < 4.78 is 48.5. The van der Waals surface area contributed by atoms with Crippen molar-refractivity contribution < 1.29 is 40.7 Å². The molecule has 1 unspecified atom stereocenters. The Labute approximate surface area is 334 Å². The van der Waals surface area contributed by atoms with E-state index in [0.29, 0.717) is 36.8 Å². The summed E-state index contributed by atoms with van der Waals surface area (Å²) in [5, 5.41) is 0. The lowest BCUT2D eigenvalue weighted by atomic mass is 10.0. The molecule has 0 aliphatic heterocycles. The number of hydrogen-bond donors (Lipinski definition) is 0. The molecule has 9 nitrogen and oxygen atoms in total. The van der Waals surface area contributed by atoms with Gasteiger partial charge in [0.25, 0.3) is 0 Å². The minimum Gasteiger partial charge on any atom is -0.726 e. The van der Waals surface area contributed by atoms with Crippen LogP contribution in [0.3, 0.4) is 0 Å². The van der Waals surface area contributed by atoms with Crippen LogP contribution in [0.1, 0.15) is 226 Å². The van der Waals surface area contributed by atoms with Crippen LogP contribution in [0.4, 0.5) is 0 Å². The molecule has 0 N–H and O–H groups in total. The standard InChI is InChI=1S/C44H87NO8S/c1-5-7-9-11-13-15-17-19-21-23-25-27-29-31-33-36-43(46)51-41-42(40-45(3,4)38-35-39-52-54(48,49)50)53-44(47)37-34-32-30-28-26-24-22-20-18-16-14-12-10-8-6-2/h42H,5-41H2,1-4H3. The predicted molar refractivity (Wildman–Crippen MR) is 222 cm³/mol. The minimum atomic E-state index is -4.73. The van der Waals surface area contributed by atoms with E-state index >= 15 is 0 Å². The molecule has 0 spiro atoms. The highest BCUT2D eigenvalue weighted by molar-refractivity contribution is 7.80. The maximum absolute atomic E-state index is 12.8. The van der Waals surface area contributed by atoms with Crippen molar-refractivity contribution in [2.45, 2.75) is 232 Å². The summed E-state index contributed by atoms with van der Waals surface area (Å²) in [7, 11) is -0.874. The van der Waals surface area contributed by atoms with Crippen molar-refractivity contribution in [3.05, 3.63) is 0 Å². The van der Waals surface area contributed by atoms with Gasteiger partial charge in [-0.2, -0.15) is 0 Å². The van der Waals surface area contributed by atoms with Crippen molar-refractivity contribution in [3.8, 4) is 0 Å². The van der Waals surface area contributed by atoms with Crippen LogP contribution in [0.25, 0.3) is 0 Å². The van der Waals surface area contributed by atoms with Crippen LogP contribution in [0.5, 0.6) is 0 Å².